The Morgan fingerprint density at radius 2 is 2.00 bits per heavy atom. The van der Waals surface area contributed by atoms with Gasteiger partial charge in [-0.25, -0.2) is 0 Å². The van der Waals surface area contributed by atoms with Crippen LogP contribution in [0.15, 0.2) is 18.2 Å². The van der Waals surface area contributed by atoms with Gasteiger partial charge in [-0.15, -0.1) is 0 Å². The third-order valence-corrected chi connectivity index (χ3v) is 2.18. The second-order valence-electron chi connectivity index (χ2n) is 5.12. The van der Waals surface area contributed by atoms with Gasteiger partial charge in [0.05, 0.1) is 18.2 Å². The zero-order valence-corrected chi connectivity index (χ0v) is 10.9. The van der Waals surface area contributed by atoms with Gasteiger partial charge in [-0.3, -0.25) is 0 Å². The Morgan fingerprint density at radius 3 is 2.53 bits per heavy atom. The van der Waals surface area contributed by atoms with E-state index in [-0.39, 0.29) is 18.2 Å². The lowest BCUT2D eigenvalue weighted by Crippen LogP contribution is -2.34. The minimum Gasteiger partial charge on any atom is -0.491 e. The van der Waals surface area contributed by atoms with Gasteiger partial charge in [0.15, 0.2) is 0 Å². The Labute approximate surface area is 103 Å². The molecule has 0 amide bonds. The molecule has 0 atom stereocenters. The SMILES string of the molecule is CC(C)Oc1cc(N)cc(NC(C)(C)CO)c1. The lowest BCUT2D eigenvalue weighted by Gasteiger charge is -2.25. The lowest BCUT2D eigenvalue weighted by molar-refractivity contribution is 0.233. The molecule has 0 aliphatic heterocycles. The van der Waals surface area contributed by atoms with Crippen LogP contribution in [-0.4, -0.2) is 23.4 Å². The molecule has 0 unspecified atom stereocenters. The number of aliphatic hydroxyl groups is 1. The molecular weight excluding hydrogens is 216 g/mol. The normalized spacial score (nSPS) is 11.6. The van der Waals surface area contributed by atoms with E-state index in [0.29, 0.717) is 5.69 Å². The van der Waals surface area contributed by atoms with Gasteiger partial charge in [0.2, 0.25) is 0 Å². The minimum absolute atomic E-state index is 0.0438. The average molecular weight is 238 g/mol. The Kier molecular flexibility index (Phi) is 4.23. The Balaban J connectivity index is 2.89. The van der Waals surface area contributed by atoms with E-state index in [1.165, 1.54) is 0 Å². The number of benzene rings is 1. The number of nitrogens with two attached hydrogens (primary N) is 1. The van der Waals surface area contributed by atoms with Gasteiger partial charge >= 0.3 is 0 Å². The molecule has 0 saturated heterocycles. The quantitative estimate of drug-likeness (QED) is 0.688. The maximum Gasteiger partial charge on any atom is 0.123 e. The highest BCUT2D eigenvalue weighted by atomic mass is 16.5. The fourth-order valence-electron chi connectivity index (χ4n) is 1.46. The second kappa shape index (κ2) is 5.27. The number of hydrogen-bond acceptors (Lipinski definition) is 4. The topological polar surface area (TPSA) is 67.5 Å². The van der Waals surface area contributed by atoms with E-state index in [0.717, 1.165) is 11.4 Å². The third kappa shape index (κ3) is 4.53. The van der Waals surface area contributed by atoms with Crippen LogP contribution in [0.5, 0.6) is 5.75 Å². The van der Waals surface area contributed by atoms with Crippen molar-refractivity contribution < 1.29 is 9.84 Å². The van der Waals surface area contributed by atoms with Crippen LogP contribution >= 0.6 is 0 Å². The summed E-state index contributed by atoms with van der Waals surface area (Å²) in [4.78, 5) is 0. The largest absolute Gasteiger partial charge is 0.491 e. The van der Waals surface area contributed by atoms with Crippen molar-refractivity contribution in [3.8, 4) is 5.75 Å². The standard InChI is InChI=1S/C13H22N2O2/c1-9(2)17-12-6-10(14)5-11(7-12)15-13(3,4)8-16/h5-7,9,15-16H,8,14H2,1-4H3. The Hall–Kier alpha value is -1.42. The van der Waals surface area contributed by atoms with Crippen LogP contribution in [0, 0.1) is 0 Å². The van der Waals surface area contributed by atoms with Gasteiger partial charge in [0.1, 0.15) is 5.75 Å². The fraction of sp³-hybridized carbons (Fsp3) is 0.538. The maximum atomic E-state index is 9.21. The first kappa shape index (κ1) is 13.6. The molecule has 4 nitrogen and oxygen atoms in total. The number of aliphatic hydroxyl groups excluding tert-OH is 1. The molecule has 0 aliphatic rings. The van der Waals surface area contributed by atoms with E-state index in [1.54, 1.807) is 6.07 Å². The predicted molar refractivity (Wildman–Crippen MR) is 71.4 cm³/mol. The number of rotatable bonds is 5. The highest BCUT2D eigenvalue weighted by Crippen LogP contribution is 2.25. The summed E-state index contributed by atoms with van der Waals surface area (Å²) in [5, 5.41) is 12.4. The van der Waals surface area contributed by atoms with Crippen LogP contribution < -0.4 is 15.8 Å². The summed E-state index contributed by atoms with van der Waals surface area (Å²) in [6, 6.07) is 5.50. The first-order valence-electron chi connectivity index (χ1n) is 5.79. The van der Waals surface area contributed by atoms with Crippen molar-refractivity contribution in [2.75, 3.05) is 17.7 Å². The average Bonchev–Trinajstić information content (AvgIpc) is 2.14. The van der Waals surface area contributed by atoms with Crippen molar-refractivity contribution in [3.63, 3.8) is 0 Å². The van der Waals surface area contributed by atoms with Crippen LogP contribution in [0.25, 0.3) is 0 Å². The first-order valence-corrected chi connectivity index (χ1v) is 5.79. The molecule has 4 N–H and O–H groups in total. The van der Waals surface area contributed by atoms with E-state index < -0.39 is 0 Å². The van der Waals surface area contributed by atoms with Crippen LogP contribution in [0.4, 0.5) is 11.4 Å². The molecule has 0 heterocycles. The number of hydrogen-bond donors (Lipinski definition) is 3. The van der Waals surface area contributed by atoms with E-state index in [2.05, 4.69) is 5.32 Å². The van der Waals surface area contributed by atoms with Gasteiger partial charge in [-0.2, -0.15) is 0 Å². The van der Waals surface area contributed by atoms with Crippen molar-refractivity contribution in [2.24, 2.45) is 0 Å². The highest BCUT2D eigenvalue weighted by Gasteiger charge is 2.16. The first-order chi connectivity index (χ1) is 7.82. The van der Waals surface area contributed by atoms with Gasteiger partial charge in [-0.05, 0) is 33.8 Å². The lowest BCUT2D eigenvalue weighted by atomic mass is 10.1. The van der Waals surface area contributed by atoms with E-state index in [9.17, 15) is 5.11 Å². The van der Waals surface area contributed by atoms with Gasteiger partial charge in [0.25, 0.3) is 0 Å². The summed E-state index contributed by atoms with van der Waals surface area (Å²) in [6.45, 7) is 7.81. The van der Waals surface area contributed by atoms with E-state index in [1.807, 2.05) is 39.8 Å². The van der Waals surface area contributed by atoms with Crippen molar-refractivity contribution in [2.45, 2.75) is 39.3 Å². The van der Waals surface area contributed by atoms with Crippen molar-refractivity contribution in [1.82, 2.24) is 0 Å². The molecule has 1 aromatic rings. The van der Waals surface area contributed by atoms with Gasteiger partial charge in [-0.1, -0.05) is 0 Å². The number of anilines is 2. The van der Waals surface area contributed by atoms with Crippen molar-refractivity contribution >= 4 is 11.4 Å². The molecule has 0 fully saturated rings. The highest BCUT2D eigenvalue weighted by molar-refractivity contribution is 5.60. The van der Waals surface area contributed by atoms with Gasteiger partial charge in [0, 0.05) is 23.5 Å². The number of nitrogen functional groups attached to an aromatic ring is 1. The predicted octanol–water partition coefficient (Wildman–Crippen LogP) is 2.24. The zero-order valence-electron chi connectivity index (χ0n) is 10.9. The summed E-state index contributed by atoms with van der Waals surface area (Å²) in [5.74, 6) is 0.733. The zero-order chi connectivity index (χ0) is 13.1. The van der Waals surface area contributed by atoms with Gasteiger partial charge < -0.3 is 20.9 Å². The summed E-state index contributed by atoms with van der Waals surface area (Å²) >= 11 is 0. The smallest absolute Gasteiger partial charge is 0.123 e. The fourth-order valence-corrected chi connectivity index (χ4v) is 1.46. The molecule has 0 saturated carbocycles. The molecule has 0 aliphatic carbocycles. The molecule has 1 rings (SSSR count). The molecular formula is C13H22N2O2. The molecule has 0 radical (unpaired) electrons. The monoisotopic (exact) mass is 238 g/mol. The van der Waals surface area contributed by atoms with E-state index in [4.69, 9.17) is 10.5 Å². The van der Waals surface area contributed by atoms with Crippen LogP contribution in [0.3, 0.4) is 0 Å². The number of nitrogens with one attached hydrogen (secondary N) is 1. The molecule has 1 aromatic carbocycles. The molecule has 0 aromatic heterocycles. The number of ether oxygens (including phenoxy) is 1. The van der Waals surface area contributed by atoms with Crippen LogP contribution in [0.1, 0.15) is 27.7 Å². The van der Waals surface area contributed by atoms with E-state index >= 15 is 0 Å². The summed E-state index contributed by atoms with van der Waals surface area (Å²) in [6.07, 6.45) is 0.107. The van der Waals surface area contributed by atoms with Crippen LogP contribution in [0.2, 0.25) is 0 Å². The van der Waals surface area contributed by atoms with Crippen molar-refractivity contribution in [1.29, 1.82) is 0 Å². The van der Waals surface area contributed by atoms with Crippen molar-refractivity contribution in [3.05, 3.63) is 18.2 Å². The molecule has 0 bridgehead atoms. The second-order valence-corrected chi connectivity index (χ2v) is 5.12. The summed E-state index contributed by atoms with van der Waals surface area (Å²) in [7, 11) is 0. The summed E-state index contributed by atoms with van der Waals surface area (Å²) in [5.41, 5.74) is 6.91. The Morgan fingerprint density at radius 1 is 1.35 bits per heavy atom. The van der Waals surface area contributed by atoms with Crippen LogP contribution in [-0.2, 0) is 0 Å². The minimum atomic E-state index is -0.386. The maximum absolute atomic E-state index is 9.21. The third-order valence-electron chi connectivity index (χ3n) is 2.18. The molecule has 4 heteroatoms. The Bertz CT molecular complexity index is 376. The summed E-state index contributed by atoms with van der Waals surface area (Å²) < 4.78 is 5.60. The molecule has 96 valence electrons. The molecule has 17 heavy (non-hydrogen) atoms. The molecule has 0 spiro atoms.